The summed E-state index contributed by atoms with van der Waals surface area (Å²) in [7, 11) is 1.28. The molecule has 0 saturated heterocycles. The molecule has 0 radical (unpaired) electrons. The lowest BCUT2D eigenvalue weighted by molar-refractivity contribution is -0.136. The fourth-order valence-corrected chi connectivity index (χ4v) is 4.80. The van der Waals surface area contributed by atoms with Crippen molar-refractivity contribution in [1.82, 2.24) is 15.2 Å². The number of nitrogens with zero attached hydrogens (tertiary/aromatic N) is 3. The van der Waals surface area contributed by atoms with Crippen LogP contribution in [0.25, 0.3) is 0 Å². The number of hydrogen-bond donors (Lipinski definition) is 1. The lowest BCUT2D eigenvalue weighted by atomic mass is 9.93. The molecule has 3 heterocycles. The van der Waals surface area contributed by atoms with Gasteiger partial charge in [-0.2, -0.15) is 0 Å². The average Bonchev–Trinajstić information content (AvgIpc) is 3.20. The largest absolute Gasteiger partial charge is 0.466 e. The van der Waals surface area contributed by atoms with Gasteiger partial charge in [0.2, 0.25) is 5.91 Å². The molecule has 0 spiro atoms. The van der Waals surface area contributed by atoms with E-state index in [1.165, 1.54) is 24.9 Å². The smallest absolute Gasteiger partial charge is 0.338 e. The Hall–Kier alpha value is -3.46. The zero-order chi connectivity index (χ0) is 23.4. The molecule has 1 atom stereocenters. The number of thioether (sulfide) groups is 1. The summed E-state index contributed by atoms with van der Waals surface area (Å²) in [4.78, 5) is 35.9. The molecule has 0 saturated carbocycles. The maximum Gasteiger partial charge on any atom is 0.338 e. The number of rotatable bonds is 7. The summed E-state index contributed by atoms with van der Waals surface area (Å²) in [5, 5.41) is 5.31. The van der Waals surface area contributed by atoms with Crippen molar-refractivity contribution >= 4 is 28.8 Å². The average molecular weight is 467 g/mol. The maximum absolute atomic E-state index is 14.9. The molecule has 0 fully saturated rings. The Kier molecular flexibility index (Phi) is 6.88. The number of allylic oxidation sites excluding steroid dienone is 1. The zero-order valence-corrected chi connectivity index (χ0v) is 19.1. The number of carbonyl (C=O) groups is 2. The topological polar surface area (TPSA) is 83.9 Å². The van der Waals surface area contributed by atoms with E-state index in [-0.39, 0.29) is 17.9 Å². The first-order chi connectivity index (χ1) is 16.0. The molecule has 170 valence electrons. The molecule has 0 bridgehead atoms. The predicted molar refractivity (Wildman–Crippen MR) is 124 cm³/mol. The highest BCUT2D eigenvalue weighted by atomic mass is 32.2. The molecule has 7 nitrogen and oxygen atoms in total. The number of methoxy groups -OCH3 is 1. The highest BCUT2D eigenvalue weighted by molar-refractivity contribution is 8.16. The van der Waals surface area contributed by atoms with Crippen LogP contribution in [0.3, 0.4) is 0 Å². The normalized spacial score (nSPS) is 17.3. The summed E-state index contributed by atoms with van der Waals surface area (Å²) in [6.45, 7) is 2.15. The molecule has 1 aromatic carbocycles. The number of hydrogen-bond acceptors (Lipinski definition) is 7. The second-order valence-corrected chi connectivity index (χ2v) is 8.34. The summed E-state index contributed by atoms with van der Waals surface area (Å²) < 4.78 is 19.8. The third-order valence-electron chi connectivity index (χ3n) is 5.38. The molecule has 9 heteroatoms. The number of benzene rings is 1. The van der Waals surface area contributed by atoms with E-state index in [9.17, 15) is 14.0 Å². The predicted octanol–water partition coefficient (Wildman–Crippen LogP) is 3.72. The number of amides is 1. The lowest BCUT2D eigenvalue weighted by Crippen LogP contribution is -2.38. The number of pyridine rings is 1. The van der Waals surface area contributed by atoms with Crippen LogP contribution in [0.2, 0.25) is 0 Å². The van der Waals surface area contributed by atoms with Crippen LogP contribution in [0, 0.1) is 5.82 Å². The summed E-state index contributed by atoms with van der Waals surface area (Å²) in [5.41, 5.74) is 2.55. The highest BCUT2D eigenvalue weighted by Crippen LogP contribution is 2.45. The summed E-state index contributed by atoms with van der Waals surface area (Å²) in [5.74, 6) is -1.22. The molecular formula is C24H23FN4O3S. The zero-order valence-electron chi connectivity index (χ0n) is 18.2. The quantitative estimate of drug-likeness (QED) is 0.627. The molecule has 33 heavy (non-hydrogen) atoms. The van der Waals surface area contributed by atoms with Crippen molar-refractivity contribution in [3.05, 3.63) is 88.1 Å². The molecule has 1 aromatic heterocycles. The van der Waals surface area contributed by atoms with Crippen molar-refractivity contribution < 1.29 is 18.7 Å². The van der Waals surface area contributed by atoms with Crippen molar-refractivity contribution in [2.24, 2.45) is 4.99 Å². The minimum Gasteiger partial charge on any atom is -0.466 e. The number of fused-ring (bicyclic) bond motifs is 1. The third-order valence-corrected chi connectivity index (χ3v) is 6.27. The van der Waals surface area contributed by atoms with E-state index in [1.54, 1.807) is 36.2 Å². The highest BCUT2D eigenvalue weighted by Gasteiger charge is 2.41. The summed E-state index contributed by atoms with van der Waals surface area (Å²) in [6, 6.07) is 11.2. The Balaban J connectivity index is 1.55. The van der Waals surface area contributed by atoms with E-state index in [1.807, 2.05) is 23.6 Å². The molecule has 1 N–H and O–H groups in total. The van der Waals surface area contributed by atoms with Crippen molar-refractivity contribution in [1.29, 1.82) is 0 Å². The molecule has 0 unspecified atom stereocenters. The Labute approximate surface area is 195 Å². The monoisotopic (exact) mass is 466 g/mol. The van der Waals surface area contributed by atoms with E-state index in [0.29, 0.717) is 35.1 Å². The van der Waals surface area contributed by atoms with Gasteiger partial charge in [-0.15, -0.1) is 0 Å². The van der Waals surface area contributed by atoms with Gasteiger partial charge in [0.05, 0.1) is 30.8 Å². The van der Waals surface area contributed by atoms with Gasteiger partial charge in [0, 0.05) is 36.1 Å². The second kappa shape index (κ2) is 9.99. The molecule has 0 aliphatic carbocycles. The van der Waals surface area contributed by atoms with Crippen LogP contribution in [-0.2, 0) is 20.7 Å². The van der Waals surface area contributed by atoms with Crippen LogP contribution < -0.4 is 5.32 Å². The SMILES string of the molecule is COC(=O)C1=C(C)N=C2SC=C(CC(=O)NCCc3ccccn3)N2[C@@H]1c1ccccc1F. The van der Waals surface area contributed by atoms with E-state index in [2.05, 4.69) is 15.3 Å². The Morgan fingerprint density at radius 3 is 2.73 bits per heavy atom. The van der Waals surface area contributed by atoms with Gasteiger partial charge in [-0.3, -0.25) is 9.78 Å². The fourth-order valence-electron chi connectivity index (χ4n) is 3.83. The molecular weight excluding hydrogens is 443 g/mol. The molecule has 2 aliphatic heterocycles. The number of aromatic nitrogens is 1. The van der Waals surface area contributed by atoms with Crippen molar-refractivity contribution in [2.45, 2.75) is 25.8 Å². The van der Waals surface area contributed by atoms with Crippen molar-refractivity contribution in [3.63, 3.8) is 0 Å². The number of esters is 1. The fraction of sp³-hybridized carbons (Fsp3) is 0.250. The first-order valence-corrected chi connectivity index (χ1v) is 11.3. The molecule has 4 rings (SSSR count). The standard InChI is InChI=1S/C24H23FN4O3S/c1-15-21(23(31)32-2)22(18-8-3-4-9-19(18)25)29-17(14-33-24(29)28-15)13-20(30)27-12-10-16-7-5-6-11-26-16/h3-9,11,14,22H,10,12-13H2,1-2H3,(H,27,30)/t22-/m1/s1. The first kappa shape index (κ1) is 22.7. The Morgan fingerprint density at radius 2 is 2.00 bits per heavy atom. The number of carbonyl (C=O) groups excluding carboxylic acids is 2. The maximum atomic E-state index is 14.9. The van der Waals surface area contributed by atoms with E-state index < -0.39 is 17.8 Å². The molecule has 2 aliphatic rings. The van der Waals surface area contributed by atoms with Crippen LogP contribution in [-0.4, -0.2) is 40.6 Å². The Morgan fingerprint density at radius 1 is 1.21 bits per heavy atom. The number of aliphatic imine (C=N–C) groups is 1. The minimum atomic E-state index is -0.784. The summed E-state index contributed by atoms with van der Waals surface area (Å²) >= 11 is 1.34. The minimum absolute atomic E-state index is 0.0622. The first-order valence-electron chi connectivity index (χ1n) is 10.4. The van der Waals surface area contributed by atoms with Crippen LogP contribution in [0.15, 0.2) is 76.0 Å². The molecule has 2 aromatic rings. The van der Waals surface area contributed by atoms with E-state index in [0.717, 1.165) is 5.69 Å². The van der Waals surface area contributed by atoms with Gasteiger partial charge in [0.25, 0.3) is 0 Å². The van der Waals surface area contributed by atoms with Gasteiger partial charge in [0.1, 0.15) is 5.82 Å². The number of halogens is 1. The van der Waals surface area contributed by atoms with Gasteiger partial charge < -0.3 is 15.0 Å². The second-order valence-electron chi connectivity index (χ2n) is 7.50. The van der Waals surface area contributed by atoms with Gasteiger partial charge in [-0.25, -0.2) is 14.2 Å². The van der Waals surface area contributed by atoms with E-state index >= 15 is 0 Å². The van der Waals surface area contributed by atoms with Gasteiger partial charge in [-0.05, 0) is 30.5 Å². The van der Waals surface area contributed by atoms with Crippen molar-refractivity contribution in [2.75, 3.05) is 13.7 Å². The van der Waals surface area contributed by atoms with Crippen LogP contribution in [0.4, 0.5) is 4.39 Å². The van der Waals surface area contributed by atoms with Crippen molar-refractivity contribution in [3.8, 4) is 0 Å². The van der Waals surface area contributed by atoms with Crippen LogP contribution in [0.1, 0.15) is 30.6 Å². The summed E-state index contributed by atoms with van der Waals surface area (Å²) in [6.07, 6.45) is 2.39. The van der Waals surface area contributed by atoms with E-state index in [4.69, 9.17) is 4.74 Å². The van der Waals surface area contributed by atoms with Gasteiger partial charge >= 0.3 is 5.97 Å². The Bertz CT molecular complexity index is 1160. The van der Waals surface area contributed by atoms with Gasteiger partial charge in [0.15, 0.2) is 5.17 Å². The van der Waals surface area contributed by atoms with Crippen LogP contribution in [0.5, 0.6) is 0 Å². The number of amidine groups is 1. The lowest BCUT2D eigenvalue weighted by Gasteiger charge is -2.36. The van der Waals surface area contributed by atoms with Crippen LogP contribution >= 0.6 is 11.8 Å². The number of nitrogens with one attached hydrogen (secondary N) is 1. The number of ether oxygens (including phenoxy) is 1. The third kappa shape index (κ3) is 4.83. The van der Waals surface area contributed by atoms with Gasteiger partial charge in [-0.1, -0.05) is 36.0 Å². The molecule has 1 amide bonds.